The summed E-state index contributed by atoms with van der Waals surface area (Å²) in [5.74, 6) is -0.228. The van der Waals surface area contributed by atoms with E-state index < -0.39 is 18.4 Å². The molecule has 9 heteroatoms. The summed E-state index contributed by atoms with van der Waals surface area (Å²) in [6.07, 6.45) is -5.38. The lowest BCUT2D eigenvalue weighted by molar-refractivity contribution is -0.274. The van der Waals surface area contributed by atoms with Gasteiger partial charge in [0, 0.05) is 17.7 Å². The molecule has 0 fully saturated rings. The van der Waals surface area contributed by atoms with Crippen molar-refractivity contribution >= 4 is 17.3 Å². The van der Waals surface area contributed by atoms with Crippen LogP contribution >= 0.6 is 0 Å². The number of rotatable bonds is 5. The van der Waals surface area contributed by atoms with E-state index in [0.717, 1.165) is 17.7 Å². The van der Waals surface area contributed by atoms with E-state index in [1.54, 1.807) is 12.1 Å². The molecule has 1 aliphatic heterocycles. The first-order valence-electron chi connectivity index (χ1n) is 7.88. The molecule has 0 saturated heterocycles. The molecule has 0 aromatic heterocycles. The largest absolute Gasteiger partial charge is 0.573 e. The normalized spacial score (nSPS) is 16.3. The van der Waals surface area contributed by atoms with Crippen LogP contribution in [0.25, 0.3) is 0 Å². The zero-order valence-electron chi connectivity index (χ0n) is 14.1. The average Bonchev–Trinajstić information content (AvgIpc) is 3.12. The molecule has 1 heterocycles. The number of ether oxygens (including phenoxy) is 2. The van der Waals surface area contributed by atoms with Crippen molar-refractivity contribution in [2.45, 2.75) is 18.9 Å². The van der Waals surface area contributed by atoms with Crippen molar-refractivity contribution in [1.29, 1.82) is 0 Å². The minimum atomic E-state index is -4.77. The number of nitrogens with one attached hydrogen (secondary N) is 1. The Hall–Kier alpha value is -3.23. The molecule has 3 rings (SSSR count). The number of halogens is 3. The summed E-state index contributed by atoms with van der Waals surface area (Å²) in [6, 6.07) is 12.0. The Balaban J connectivity index is 1.60. The van der Waals surface area contributed by atoms with E-state index in [0.29, 0.717) is 17.1 Å². The molecule has 0 spiro atoms. The second-order valence-corrected chi connectivity index (χ2v) is 5.60. The van der Waals surface area contributed by atoms with Gasteiger partial charge in [-0.1, -0.05) is 17.3 Å². The van der Waals surface area contributed by atoms with Gasteiger partial charge in [-0.3, -0.25) is 4.79 Å². The van der Waals surface area contributed by atoms with Gasteiger partial charge in [0.2, 0.25) is 6.10 Å². The van der Waals surface area contributed by atoms with Crippen LogP contribution in [0.3, 0.4) is 0 Å². The summed E-state index contributed by atoms with van der Waals surface area (Å²) >= 11 is 0. The molecule has 0 aliphatic carbocycles. The zero-order valence-corrected chi connectivity index (χ0v) is 14.1. The average molecular weight is 380 g/mol. The van der Waals surface area contributed by atoms with E-state index in [1.807, 2.05) is 12.1 Å². The lowest BCUT2D eigenvalue weighted by Gasteiger charge is -2.11. The first kappa shape index (κ1) is 18.6. The highest BCUT2D eigenvalue weighted by molar-refractivity contribution is 6.07. The van der Waals surface area contributed by atoms with Gasteiger partial charge in [-0.05, 0) is 36.4 Å². The molecule has 2 aromatic carbocycles. The van der Waals surface area contributed by atoms with Crippen molar-refractivity contribution in [2.75, 3.05) is 12.4 Å². The number of alkyl halides is 3. The summed E-state index contributed by atoms with van der Waals surface area (Å²) in [7, 11) is 1.53. The third-order valence-electron chi connectivity index (χ3n) is 3.73. The van der Waals surface area contributed by atoms with Crippen LogP contribution in [0.1, 0.15) is 12.0 Å². The fourth-order valence-electron chi connectivity index (χ4n) is 2.52. The molecule has 6 nitrogen and oxygen atoms in total. The van der Waals surface area contributed by atoms with Gasteiger partial charge in [0.25, 0.3) is 5.91 Å². The van der Waals surface area contributed by atoms with Crippen LogP contribution in [-0.4, -0.2) is 31.2 Å². The predicted octanol–water partition coefficient (Wildman–Crippen LogP) is 3.73. The van der Waals surface area contributed by atoms with Gasteiger partial charge in [-0.15, -0.1) is 13.2 Å². The van der Waals surface area contributed by atoms with Crippen LogP contribution < -0.4 is 14.8 Å². The monoisotopic (exact) mass is 380 g/mol. The van der Waals surface area contributed by atoms with Crippen LogP contribution in [-0.2, 0) is 9.63 Å². The van der Waals surface area contributed by atoms with E-state index in [4.69, 9.17) is 9.57 Å². The lowest BCUT2D eigenvalue weighted by Crippen LogP contribution is -2.28. The minimum absolute atomic E-state index is 0.238. The number of anilines is 1. The number of carbonyl (C=O) groups excluding carboxylic acids is 1. The highest BCUT2D eigenvalue weighted by Crippen LogP contribution is 2.26. The van der Waals surface area contributed by atoms with E-state index in [1.165, 1.54) is 19.2 Å². The Morgan fingerprint density at radius 1 is 1.19 bits per heavy atom. The predicted molar refractivity (Wildman–Crippen MR) is 90.8 cm³/mol. The summed E-state index contributed by atoms with van der Waals surface area (Å²) in [5.41, 5.74) is 1.61. The van der Waals surface area contributed by atoms with Gasteiger partial charge in [0.05, 0.1) is 12.8 Å². The number of hydrogen-bond acceptors (Lipinski definition) is 5. The first-order valence-corrected chi connectivity index (χ1v) is 7.88. The highest BCUT2D eigenvalue weighted by atomic mass is 19.4. The number of para-hydroxylation sites is 1. The lowest BCUT2D eigenvalue weighted by atomic mass is 10.0. The number of oxime groups is 1. The minimum Gasteiger partial charge on any atom is -0.496 e. The molecule has 0 radical (unpaired) electrons. The van der Waals surface area contributed by atoms with E-state index in [9.17, 15) is 18.0 Å². The van der Waals surface area contributed by atoms with Crippen LogP contribution in [0.5, 0.6) is 11.5 Å². The van der Waals surface area contributed by atoms with Crippen molar-refractivity contribution in [3.8, 4) is 11.5 Å². The Kier molecular flexibility index (Phi) is 5.20. The van der Waals surface area contributed by atoms with Crippen molar-refractivity contribution in [1.82, 2.24) is 0 Å². The Morgan fingerprint density at radius 3 is 2.56 bits per heavy atom. The zero-order chi connectivity index (χ0) is 19.4. The molecule has 0 unspecified atom stereocenters. The molecule has 27 heavy (non-hydrogen) atoms. The number of methoxy groups -OCH3 is 1. The molecule has 1 N–H and O–H groups in total. The van der Waals surface area contributed by atoms with Crippen LogP contribution in [0.2, 0.25) is 0 Å². The molecule has 1 amide bonds. The van der Waals surface area contributed by atoms with Crippen LogP contribution in [0.15, 0.2) is 53.7 Å². The van der Waals surface area contributed by atoms with Crippen molar-refractivity contribution < 1.29 is 32.3 Å². The Labute approximate surface area is 152 Å². The fraction of sp³-hybridized carbons (Fsp3) is 0.222. The third-order valence-corrected chi connectivity index (χ3v) is 3.73. The number of nitrogens with zero attached hydrogens (tertiary/aromatic N) is 1. The van der Waals surface area contributed by atoms with Crippen molar-refractivity contribution in [2.24, 2.45) is 5.16 Å². The Morgan fingerprint density at radius 2 is 1.89 bits per heavy atom. The smallest absolute Gasteiger partial charge is 0.496 e. The highest BCUT2D eigenvalue weighted by Gasteiger charge is 2.32. The van der Waals surface area contributed by atoms with Gasteiger partial charge in [0.15, 0.2) is 0 Å². The number of benzene rings is 2. The number of hydrogen-bond donors (Lipinski definition) is 1. The second-order valence-electron chi connectivity index (χ2n) is 5.60. The van der Waals surface area contributed by atoms with E-state index in [2.05, 4.69) is 15.2 Å². The SMILES string of the molecule is COc1ccccc1C1=NO[C@@H](C(=O)Nc2ccc(OC(F)(F)F)cc2)C1. The molecule has 1 atom stereocenters. The molecule has 2 aromatic rings. The van der Waals surface area contributed by atoms with Crippen LogP contribution in [0, 0.1) is 0 Å². The maximum atomic E-state index is 12.3. The number of amides is 1. The van der Waals surface area contributed by atoms with Crippen molar-refractivity contribution in [3.63, 3.8) is 0 Å². The molecule has 142 valence electrons. The third kappa shape index (κ3) is 4.69. The summed E-state index contributed by atoms with van der Waals surface area (Å²) in [4.78, 5) is 17.5. The van der Waals surface area contributed by atoms with E-state index >= 15 is 0 Å². The van der Waals surface area contributed by atoms with Crippen molar-refractivity contribution in [3.05, 3.63) is 54.1 Å². The van der Waals surface area contributed by atoms with Crippen LogP contribution in [0.4, 0.5) is 18.9 Å². The van der Waals surface area contributed by atoms with E-state index in [-0.39, 0.29) is 12.2 Å². The topological polar surface area (TPSA) is 69.2 Å². The van der Waals surface area contributed by atoms with Gasteiger partial charge < -0.3 is 19.6 Å². The second kappa shape index (κ2) is 7.56. The molecule has 0 saturated carbocycles. The van der Waals surface area contributed by atoms with Gasteiger partial charge in [-0.2, -0.15) is 0 Å². The molecular formula is C18H15F3N2O4. The number of carbonyl (C=O) groups is 1. The maximum Gasteiger partial charge on any atom is 0.573 e. The van der Waals surface area contributed by atoms with Gasteiger partial charge in [-0.25, -0.2) is 0 Å². The quantitative estimate of drug-likeness (QED) is 0.858. The standard InChI is InChI=1S/C18H15F3N2O4/c1-25-15-5-3-2-4-13(15)14-10-16(27-23-14)17(24)22-11-6-8-12(9-7-11)26-18(19,20)21/h2-9,16H,10H2,1H3,(H,22,24)/t16-/m1/s1. The molecule has 1 aliphatic rings. The van der Waals surface area contributed by atoms with Gasteiger partial charge in [0.1, 0.15) is 11.5 Å². The fourth-order valence-corrected chi connectivity index (χ4v) is 2.52. The molecular weight excluding hydrogens is 365 g/mol. The summed E-state index contributed by atoms with van der Waals surface area (Å²) in [5, 5.41) is 6.51. The molecule has 0 bridgehead atoms. The maximum absolute atomic E-state index is 12.3. The Bertz CT molecular complexity index is 850. The summed E-state index contributed by atoms with van der Waals surface area (Å²) < 4.78 is 45.5. The van der Waals surface area contributed by atoms with Gasteiger partial charge >= 0.3 is 6.36 Å². The summed E-state index contributed by atoms with van der Waals surface area (Å²) in [6.45, 7) is 0. The first-order chi connectivity index (χ1) is 12.9.